The third kappa shape index (κ3) is 5.72. The van der Waals surface area contributed by atoms with E-state index in [9.17, 15) is 14.7 Å². The molecular weight excluding hydrogens is 358 g/mol. The number of phenolic OH excluding ortho intramolecular Hbond substituents is 1. The number of ether oxygens (including phenoxy) is 1. The van der Waals surface area contributed by atoms with E-state index in [1.807, 2.05) is 24.3 Å². The van der Waals surface area contributed by atoms with Crippen LogP contribution < -0.4 is 15.5 Å². The number of carbonyl (C=O) groups is 2. The number of hydrogen-bond acceptors (Lipinski definition) is 5. The van der Waals surface area contributed by atoms with Crippen molar-refractivity contribution in [3.05, 3.63) is 59.7 Å². The maximum atomic E-state index is 12.1. The molecule has 2 aromatic rings. The number of benzene rings is 2. The lowest BCUT2D eigenvalue weighted by atomic mass is 10.1. The zero-order chi connectivity index (χ0) is 19.8. The third-order valence-electron chi connectivity index (χ3n) is 4.57. The number of para-hydroxylation sites is 1. The van der Waals surface area contributed by atoms with Crippen molar-refractivity contribution in [2.75, 3.05) is 37.7 Å². The molecule has 0 atom stereocenters. The van der Waals surface area contributed by atoms with Gasteiger partial charge in [0.15, 0.2) is 0 Å². The van der Waals surface area contributed by atoms with Gasteiger partial charge in [0.1, 0.15) is 5.75 Å². The molecule has 3 rings (SSSR count). The number of hydrogen-bond donors (Lipinski definition) is 3. The quantitative estimate of drug-likeness (QED) is 0.669. The summed E-state index contributed by atoms with van der Waals surface area (Å²) in [5, 5.41) is 14.7. The van der Waals surface area contributed by atoms with Gasteiger partial charge in [-0.15, -0.1) is 0 Å². The fourth-order valence-electron chi connectivity index (χ4n) is 3.07. The van der Waals surface area contributed by atoms with Gasteiger partial charge in [-0.25, -0.2) is 0 Å². The van der Waals surface area contributed by atoms with Crippen LogP contribution in [0.25, 0.3) is 0 Å². The molecule has 0 radical (unpaired) electrons. The Morgan fingerprint density at radius 2 is 1.68 bits per heavy atom. The van der Waals surface area contributed by atoms with Crippen LogP contribution in [0.1, 0.15) is 11.1 Å². The molecule has 1 heterocycles. The second-order valence-corrected chi connectivity index (χ2v) is 6.62. The van der Waals surface area contributed by atoms with E-state index in [2.05, 4.69) is 15.5 Å². The molecule has 7 heteroatoms. The lowest BCUT2D eigenvalue weighted by molar-refractivity contribution is -0.125. The Morgan fingerprint density at radius 3 is 2.43 bits per heavy atom. The number of phenols is 1. The summed E-state index contributed by atoms with van der Waals surface area (Å²) in [5.41, 5.74) is 2.91. The average Bonchev–Trinajstić information content (AvgIpc) is 2.73. The van der Waals surface area contributed by atoms with Crippen LogP contribution in [0.15, 0.2) is 48.5 Å². The maximum Gasteiger partial charge on any atom is 0.239 e. The molecule has 1 fully saturated rings. The highest BCUT2D eigenvalue weighted by atomic mass is 16.5. The highest BCUT2D eigenvalue weighted by Gasteiger charge is 2.15. The molecule has 7 nitrogen and oxygen atoms in total. The normalized spacial score (nSPS) is 13.8. The smallest absolute Gasteiger partial charge is 0.239 e. The fraction of sp³-hybridized carbons (Fsp3) is 0.333. The SMILES string of the molecule is O=C(CNC(=O)Cc1ccc(O)cc1)NCc1ccccc1N1CCOCC1. The fourth-order valence-corrected chi connectivity index (χ4v) is 3.07. The summed E-state index contributed by atoms with van der Waals surface area (Å²) >= 11 is 0. The number of amides is 2. The standard InChI is InChI=1S/C21H25N3O4/c25-18-7-5-16(6-8-18)13-20(26)23-15-21(27)22-14-17-3-1-2-4-19(17)24-9-11-28-12-10-24/h1-8,25H,9-15H2,(H,22,27)(H,23,26). The predicted molar refractivity (Wildman–Crippen MR) is 106 cm³/mol. The van der Waals surface area contributed by atoms with E-state index in [-0.39, 0.29) is 30.5 Å². The van der Waals surface area contributed by atoms with Gasteiger partial charge in [-0.2, -0.15) is 0 Å². The number of rotatable bonds is 7. The monoisotopic (exact) mass is 383 g/mol. The van der Waals surface area contributed by atoms with Gasteiger partial charge in [0.05, 0.1) is 26.2 Å². The summed E-state index contributed by atoms with van der Waals surface area (Å²) in [6.07, 6.45) is 0.160. The van der Waals surface area contributed by atoms with Crippen molar-refractivity contribution in [3.63, 3.8) is 0 Å². The lowest BCUT2D eigenvalue weighted by Gasteiger charge is -2.30. The van der Waals surface area contributed by atoms with Gasteiger partial charge in [-0.05, 0) is 29.3 Å². The van der Waals surface area contributed by atoms with Gasteiger partial charge in [0, 0.05) is 25.3 Å². The molecule has 1 aliphatic rings. The summed E-state index contributed by atoms with van der Waals surface area (Å²) in [7, 11) is 0. The van der Waals surface area contributed by atoms with E-state index in [4.69, 9.17) is 4.74 Å². The molecule has 0 unspecified atom stereocenters. The van der Waals surface area contributed by atoms with E-state index >= 15 is 0 Å². The largest absolute Gasteiger partial charge is 0.508 e. The van der Waals surface area contributed by atoms with Crippen LogP contribution in [0, 0.1) is 0 Å². The van der Waals surface area contributed by atoms with E-state index in [0.29, 0.717) is 19.8 Å². The Morgan fingerprint density at radius 1 is 0.964 bits per heavy atom. The van der Waals surface area contributed by atoms with Gasteiger partial charge >= 0.3 is 0 Å². The van der Waals surface area contributed by atoms with Crippen molar-refractivity contribution in [3.8, 4) is 5.75 Å². The third-order valence-corrected chi connectivity index (χ3v) is 4.57. The van der Waals surface area contributed by atoms with Crippen molar-refractivity contribution < 1.29 is 19.4 Å². The molecule has 1 aliphatic heterocycles. The van der Waals surface area contributed by atoms with Crippen molar-refractivity contribution in [2.24, 2.45) is 0 Å². The molecule has 148 valence electrons. The second kappa shape index (κ2) is 9.75. The summed E-state index contributed by atoms with van der Waals surface area (Å²) in [6, 6.07) is 14.4. The Balaban J connectivity index is 1.45. The molecular formula is C21H25N3O4. The molecule has 0 aliphatic carbocycles. The molecule has 2 amide bonds. The van der Waals surface area contributed by atoms with Gasteiger partial charge in [-0.1, -0.05) is 30.3 Å². The van der Waals surface area contributed by atoms with Crippen molar-refractivity contribution in [1.82, 2.24) is 10.6 Å². The molecule has 3 N–H and O–H groups in total. The number of nitrogens with zero attached hydrogens (tertiary/aromatic N) is 1. The van der Waals surface area contributed by atoms with E-state index < -0.39 is 0 Å². The Hall–Kier alpha value is -3.06. The predicted octanol–water partition coefficient (Wildman–Crippen LogP) is 1.20. The molecule has 0 aromatic heterocycles. The Kier molecular flexibility index (Phi) is 6.86. The average molecular weight is 383 g/mol. The summed E-state index contributed by atoms with van der Waals surface area (Å²) in [5.74, 6) is -0.328. The van der Waals surface area contributed by atoms with Crippen molar-refractivity contribution in [2.45, 2.75) is 13.0 Å². The highest BCUT2D eigenvalue weighted by molar-refractivity contribution is 5.85. The minimum Gasteiger partial charge on any atom is -0.508 e. The topological polar surface area (TPSA) is 90.9 Å². The molecule has 0 bridgehead atoms. The Labute approximate surface area is 164 Å². The molecule has 2 aromatic carbocycles. The van der Waals surface area contributed by atoms with Crippen LogP contribution in [-0.2, 0) is 27.3 Å². The van der Waals surface area contributed by atoms with Gasteiger partial charge in [-0.3, -0.25) is 9.59 Å². The van der Waals surface area contributed by atoms with Gasteiger partial charge in [0.2, 0.25) is 11.8 Å². The van der Waals surface area contributed by atoms with Crippen LogP contribution >= 0.6 is 0 Å². The first-order valence-corrected chi connectivity index (χ1v) is 9.34. The van der Waals surface area contributed by atoms with Crippen LogP contribution in [0.3, 0.4) is 0 Å². The summed E-state index contributed by atoms with van der Waals surface area (Å²) in [4.78, 5) is 26.3. The van der Waals surface area contributed by atoms with E-state index in [1.54, 1.807) is 12.1 Å². The van der Waals surface area contributed by atoms with Crippen LogP contribution in [-0.4, -0.2) is 49.8 Å². The van der Waals surface area contributed by atoms with Crippen LogP contribution in [0.4, 0.5) is 5.69 Å². The molecule has 1 saturated heterocycles. The van der Waals surface area contributed by atoms with Gasteiger partial charge < -0.3 is 25.4 Å². The first-order chi connectivity index (χ1) is 13.6. The first-order valence-electron chi connectivity index (χ1n) is 9.34. The van der Waals surface area contributed by atoms with Crippen LogP contribution in [0.5, 0.6) is 5.75 Å². The second-order valence-electron chi connectivity index (χ2n) is 6.62. The molecule has 0 saturated carbocycles. The number of morpholine rings is 1. The summed E-state index contributed by atoms with van der Waals surface area (Å²) in [6.45, 7) is 3.40. The Bertz CT molecular complexity index is 802. The minimum atomic E-state index is -0.241. The van der Waals surface area contributed by atoms with Crippen LogP contribution in [0.2, 0.25) is 0 Å². The number of anilines is 1. The van der Waals surface area contributed by atoms with Gasteiger partial charge in [0.25, 0.3) is 0 Å². The van der Waals surface area contributed by atoms with E-state index in [0.717, 1.165) is 29.9 Å². The first kappa shape index (κ1) is 19.7. The number of nitrogens with one attached hydrogen (secondary N) is 2. The minimum absolute atomic E-state index is 0.0728. The number of carbonyl (C=O) groups excluding carboxylic acids is 2. The molecule has 28 heavy (non-hydrogen) atoms. The zero-order valence-electron chi connectivity index (χ0n) is 15.7. The molecule has 0 spiro atoms. The van der Waals surface area contributed by atoms with Crippen molar-refractivity contribution >= 4 is 17.5 Å². The zero-order valence-corrected chi connectivity index (χ0v) is 15.7. The highest BCUT2D eigenvalue weighted by Crippen LogP contribution is 2.21. The number of aromatic hydroxyl groups is 1. The van der Waals surface area contributed by atoms with E-state index in [1.165, 1.54) is 12.1 Å². The summed E-state index contributed by atoms with van der Waals surface area (Å²) < 4.78 is 5.40. The lowest BCUT2D eigenvalue weighted by Crippen LogP contribution is -2.39. The van der Waals surface area contributed by atoms with Crippen molar-refractivity contribution in [1.29, 1.82) is 0 Å². The maximum absolute atomic E-state index is 12.1.